The molecule has 132 valence electrons. The van der Waals surface area contributed by atoms with E-state index < -0.39 is 29.9 Å². The highest BCUT2D eigenvalue weighted by atomic mass is 16.6. The molecule has 1 heterocycles. The van der Waals surface area contributed by atoms with Crippen LogP contribution in [0.4, 0.5) is 10.5 Å². The molecule has 9 nitrogen and oxygen atoms in total. The molecule has 2 N–H and O–H groups in total. The summed E-state index contributed by atoms with van der Waals surface area (Å²) < 4.78 is 14.4. The minimum absolute atomic E-state index is 0.0539. The van der Waals surface area contributed by atoms with Crippen molar-refractivity contribution >= 4 is 29.4 Å². The molecule has 25 heavy (non-hydrogen) atoms. The Morgan fingerprint density at radius 2 is 1.88 bits per heavy atom. The Bertz CT molecular complexity index is 727. The van der Waals surface area contributed by atoms with E-state index in [4.69, 9.17) is 9.47 Å². The van der Waals surface area contributed by atoms with E-state index in [2.05, 4.69) is 10.1 Å². The maximum absolute atomic E-state index is 12.2. The standard InChI is InChI=1S/C16H16N2O7/c1-9(13(20)18-16(22)23-2)25-15(21)12-11(19)8-24-14(12)17-10-6-4-3-5-7-10/h3-7,9,17H,8H2,1-2H3,(H,18,20,22)/t9-/m0/s1. The third-order valence-corrected chi connectivity index (χ3v) is 3.15. The van der Waals surface area contributed by atoms with Gasteiger partial charge in [0.25, 0.3) is 5.91 Å². The Morgan fingerprint density at radius 1 is 1.20 bits per heavy atom. The SMILES string of the molecule is COC(=O)NC(=O)[C@H](C)OC(=O)C1=C(Nc2ccccc2)OCC1=O. The number of amides is 2. The van der Waals surface area contributed by atoms with Gasteiger partial charge in [0, 0.05) is 5.69 Å². The van der Waals surface area contributed by atoms with E-state index in [-0.39, 0.29) is 18.1 Å². The van der Waals surface area contributed by atoms with Gasteiger partial charge in [-0.15, -0.1) is 0 Å². The van der Waals surface area contributed by atoms with Gasteiger partial charge in [0.15, 0.2) is 18.3 Å². The van der Waals surface area contributed by atoms with Crippen molar-refractivity contribution in [3.63, 3.8) is 0 Å². The molecule has 1 aliphatic rings. The van der Waals surface area contributed by atoms with Crippen LogP contribution in [0.2, 0.25) is 0 Å². The number of benzene rings is 1. The van der Waals surface area contributed by atoms with Crippen molar-refractivity contribution in [1.29, 1.82) is 0 Å². The van der Waals surface area contributed by atoms with Crippen LogP contribution in [0.15, 0.2) is 41.8 Å². The lowest BCUT2D eigenvalue weighted by atomic mass is 10.2. The van der Waals surface area contributed by atoms with E-state index in [9.17, 15) is 19.2 Å². The fourth-order valence-electron chi connectivity index (χ4n) is 1.89. The van der Waals surface area contributed by atoms with Gasteiger partial charge in [0.05, 0.1) is 7.11 Å². The zero-order valence-corrected chi connectivity index (χ0v) is 13.5. The number of hydrogen-bond acceptors (Lipinski definition) is 8. The summed E-state index contributed by atoms with van der Waals surface area (Å²) >= 11 is 0. The van der Waals surface area contributed by atoms with Crippen LogP contribution in [0.1, 0.15) is 6.92 Å². The molecule has 0 aromatic heterocycles. The smallest absolute Gasteiger partial charge is 0.413 e. The average molecular weight is 348 g/mol. The maximum atomic E-state index is 12.2. The molecule has 1 atom stereocenters. The van der Waals surface area contributed by atoms with E-state index in [1.807, 2.05) is 5.32 Å². The lowest BCUT2D eigenvalue weighted by molar-refractivity contribution is -0.151. The van der Waals surface area contributed by atoms with Crippen LogP contribution in [-0.4, -0.2) is 43.6 Å². The Kier molecular flexibility index (Phi) is 5.72. The molecule has 9 heteroatoms. The molecule has 0 fully saturated rings. The number of ether oxygens (including phenoxy) is 3. The second-order valence-electron chi connectivity index (χ2n) is 4.94. The highest BCUT2D eigenvalue weighted by Crippen LogP contribution is 2.21. The fraction of sp³-hybridized carbons (Fsp3) is 0.250. The minimum atomic E-state index is -1.31. The summed E-state index contributed by atoms with van der Waals surface area (Å²) in [4.78, 5) is 46.8. The van der Waals surface area contributed by atoms with Gasteiger partial charge in [-0.05, 0) is 19.1 Å². The van der Waals surface area contributed by atoms with Gasteiger partial charge in [-0.3, -0.25) is 14.9 Å². The second kappa shape index (κ2) is 7.95. The van der Waals surface area contributed by atoms with Crippen LogP contribution in [0.3, 0.4) is 0 Å². The van der Waals surface area contributed by atoms with Crippen molar-refractivity contribution in [2.24, 2.45) is 0 Å². The van der Waals surface area contributed by atoms with Gasteiger partial charge >= 0.3 is 12.1 Å². The van der Waals surface area contributed by atoms with Crippen LogP contribution in [-0.2, 0) is 28.6 Å². The lowest BCUT2D eigenvalue weighted by Crippen LogP contribution is -2.40. The summed E-state index contributed by atoms with van der Waals surface area (Å²) in [5.74, 6) is -2.55. The van der Waals surface area contributed by atoms with E-state index in [0.717, 1.165) is 7.11 Å². The lowest BCUT2D eigenvalue weighted by Gasteiger charge is -2.13. The number of para-hydroxylation sites is 1. The average Bonchev–Trinajstić information content (AvgIpc) is 2.95. The highest BCUT2D eigenvalue weighted by Gasteiger charge is 2.34. The van der Waals surface area contributed by atoms with Crippen LogP contribution in [0, 0.1) is 0 Å². The molecular formula is C16H16N2O7. The number of methoxy groups -OCH3 is 1. The topological polar surface area (TPSA) is 120 Å². The van der Waals surface area contributed by atoms with Crippen molar-refractivity contribution in [2.75, 3.05) is 19.0 Å². The number of nitrogens with one attached hydrogen (secondary N) is 2. The molecule has 0 saturated heterocycles. The molecule has 0 saturated carbocycles. The highest BCUT2D eigenvalue weighted by molar-refractivity contribution is 6.20. The zero-order chi connectivity index (χ0) is 18.4. The first kappa shape index (κ1) is 18.0. The molecule has 0 spiro atoms. The van der Waals surface area contributed by atoms with E-state index in [1.165, 1.54) is 6.92 Å². The van der Waals surface area contributed by atoms with E-state index in [1.54, 1.807) is 30.3 Å². The van der Waals surface area contributed by atoms with Gasteiger partial charge in [0.1, 0.15) is 0 Å². The first-order valence-corrected chi connectivity index (χ1v) is 7.24. The minimum Gasteiger partial charge on any atom is -0.470 e. The molecule has 0 bridgehead atoms. The van der Waals surface area contributed by atoms with Crippen LogP contribution in [0.5, 0.6) is 0 Å². The first-order valence-electron chi connectivity index (χ1n) is 7.24. The normalized spacial score (nSPS) is 14.4. The third kappa shape index (κ3) is 4.56. The van der Waals surface area contributed by atoms with Crippen molar-refractivity contribution in [2.45, 2.75) is 13.0 Å². The van der Waals surface area contributed by atoms with Gasteiger partial charge in [-0.25, -0.2) is 9.59 Å². The predicted octanol–water partition coefficient (Wildman–Crippen LogP) is 0.724. The third-order valence-electron chi connectivity index (χ3n) is 3.15. The molecule has 0 radical (unpaired) electrons. The van der Waals surface area contributed by atoms with Crippen molar-refractivity contribution in [3.05, 3.63) is 41.8 Å². The number of Topliss-reactive ketones (excluding diaryl/α,β-unsaturated/α-hetero) is 1. The molecule has 0 aliphatic carbocycles. The van der Waals surface area contributed by atoms with Crippen LogP contribution >= 0.6 is 0 Å². The number of carbonyl (C=O) groups excluding carboxylic acids is 4. The number of anilines is 1. The Labute approximate surface area is 142 Å². The molecule has 1 aromatic carbocycles. The number of alkyl carbamates (subject to hydrolysis) is 1. The first-order chi connectivity index (χ1) is 11.9. The Morgan fingerprint density at radius 3 is 2.52 bits per heavy atom. The summed E-state index contributed by atoms with van der Waals surface area (Å²) in [6.07, 6.45) is -2.30. The maximum Gasteiger partial charge on any atom is 0.413 e. The molecule has 0 unspecified atom stereocenters. The van der Waals surface area contributed by atoms with Crippen molar-refractivity contribution in [1.82, 2.24) is 5.32 Å². The predicted molar refractivity (Wildman–Crippen MR) is 84.2 cm³/mol. The molecule has 2 rings (SSSR count). The summed E-state index contributed by atoms with van der Waals surface area (Å²) in [6, 6.07) is 8.76. The molecule has 1 aromatic rings. The summed E-state index contributed by atoms with van der Waals surface area (Å²) in [6.45, 7) is 0.934. The van der Waals surface area contributed by atoms with E-state index in [0.29, 0.717) is 5.69 Å². The summed E-state index contributed by atoms with van der Waals surface area (Å²) in [5.41, 5.74) is 0.274. The van der Waals surface area contributed by atoms with Gasteiger partial charge in [-0.1, -0.05) is 18.2 Å². The van der Waals surface area contributed by atoms with Crippen LogP contribution in [0.25, 0.3) is 0 Å². The number of ketones is 1. The summed E-state index contributed by atoms with van der Waals surface area (Å²) in [5, 5.41) is 4.67. The quantitative estimate of drug-likeness (QED) is 0.590. The molecular weight excluding hydrogens is 332 g/mol. The second-order valence-corrected chi connectivity index (χ2v) is 4.94. The number of carbonyl (C=O) groups is 4. The molecule has 2 amide bonds. The zero-order valence-electron chi connectivity index (χ0n) is 13.5. The fourth-order valence-corrected chi connectivity index (χ4v) is 1.89. The largest absolute Gasteiger partial charge is 0.470 e. The van der Waals surface area contributed by atoms with Crippen molar-refractivity contribution < 1.29 is 33.4 Å². The Hall–Kier alpha value is -3.36. The monoisotopic (exact) mass is 348 g/mol. The number of imide groups is 1. The number of hydrogen-bond donors (Lipinski definition) is 2. The number of esters is 1. The van der Waals surface area contributed by atoms with Gasteiger partial charge < -0.3 is 19.5 Å². The summed E-state index contributed by atoms with van der Waals surface area (Å²) in [7, 11) is 1.08. The number of rotatable bonds is 5. The van der Waals surface area contributed by atoms with Crippen LogP contribution < -0.4 is 10.6 Å². The molecule has 1 aliphatic heterocycles. The van der Waals surface area contributed by atoms with Gasteiger partial charge in [-0.2, -0.15) is 0 Å². The van der Waals surface area contributed by atoms with Gasteiger partial charge in [0.2, 0.25) is 11.7 Å². The van der Waals surface area contributed by atoms with Crippen molar-refractivity contribution in [3.8, 4) is 0 Å². The Balaban J connectivity index is 2.09. The van der Waals surface area contributed by atoms with E-state index >= 15 is 0 Å².